The van der Waals surface area contributed by atoms with E-state index in [0.29, 0.717) is 23.7 Å². The van der Waals surface area contributed by atoms with Crippen molar-refractivity contribution in [1.29, 1.82) is 0 Å². The van der Waals surface area contributed by atoms with Crippen LogP contribution in [0.2, 0.25) is 5.15 Å². The Morgan fingerprint density at radius 2 is 2.24 bits per heavy atom. The largest absolute Gasteiger partial charge is 0.370 e. The zero-order valence-electron chi connectivity index (χ0n) is 9.98. The van der Waals surface area contributed by atoms with Crippen LogP contribution in [-0.4, -0.2) is 23.5 Å². The Morgan fingerprint density at radius 1 is 1.53 bits per heavy atom. The number of nitrogens with zero attached hydrogens (tertiary/aromatic N) is 2. The maximum atomic E-state index is 5.68. The molecule has 0 atom stereocenters. The number of aromatic nitrogens is 1. The molecule has 1 heterocycles. The van der Waals surface area contributed by atoms with Crippen LogP contribution in [0.3, 0.4) is 0 Å². The van der Waals surface area contributed by atoms with Crippen LogP contribution in [0.25, 0.3) is 0 Å². The average Bonchev–Trinajstić information content (AvgIpc) is 2.20. The van der Waals surface area contributed by atoms with Crippen LogP contribution in [0, 0.1) is 0 Å². The average molecular weight is 369 g/mol. The van der Waals surface area contributed by atoms with Gasteiger partial charge in [-0.1, -0.05) is 17.7 Å². The standard InChI is InChI=1S/C11H17ClN4.HI/c1-8(2)16-11(13)14-6-5-9-3-4-10(12)15-7-9;/h3-4,7-8H,5-6H2,1-2H3,(H3,13,14,16);1H. The van der Waals surface area contributed by atoms with Crippen molar-refractivity contribution in [3.8, 4) is 0 Å². The summed E-state index contributed by atoms with van der Waals surface area (Å²) in [5.41, 5.74) is 6.77. The van der Waals surface area contributed by atoms with Crippen molar-refractivity contribution in [2.75, 3.05) is 6.54 Å². The normalized spacial score (nSPS) is 11.2. The molecule has 6 heteroatoms. The van der Waals surface area contributed by atoms with E-state index in [4.69, 9.17) is 17.3 Å². The van der Waals surface area contributed by atoms with Crippen molar-refractivity contribution in [3.63, 3.8) is 0 Å². The molecule has 0 radical (unpaired) electrons. The van der Waals surface area contributed by atoms with Crippen LogP contribution in [0.5, 0.6) is 0 Å². The molecule has 17 heavy (non-hydrogen) atoms. The van der Waals surface area contributed by atoms with Crippen molar-refractivity contribution >= 4 is 41.5 Å². The molecule has 0 saturated carbocycles. The SMILES string of the molecule is CC(C)NC(N)=NCCc1ccc(Cl)nc1.I. The molecule has 0 aromatic carbocycles. The monoisotopic (exact) mass is 368 g/mol. The van der Waals surface area contributed by atoms with Crippen molar-refractivity contribution in [2.24, 2.45) is 10.7 Å². The van der Waals surface area contributed by atoms with Crippen molar-refractivity contribution < 1.29 is 0 Å². The van der Waals surface area contributed by atoms with E-state index in [0.717, 1.165) is 12.0 Å². The number of nitrogens with two attached hydrogens (primary N) is 1. The Kier molecular flexibility index (Phi) is 8.24. The number of aliphatic imine (C=N–C) groups is 1. The van der Waals surface area contributed by atoms with Crippen LogP contribution < -0.4 is 11.1 Å². The second-order valence-electron chi connectivity index (χ2n) is 3.81. The third-order valence-corrected chi connectivity index (χ3v) is 2.13. The number of hydrogen-bond donors (Lipinski definition) is 2. The molecule has 4 nitrogen and oxygen atoms in total. The summed E-state index contributed by atoms with van der Waals surface area (Å²) < 4.78 is 0. The molecule has 0 bridgehead atoms. The Labute approximate surface area is 124 Å². The molecule has 0 saturated heterocycles. The molecule has 3 N–H and O–H groups in total. The van der Waals surface area contributed by atoms with Gasteiger partial charge >= 0.3 is 0 Å². The van der Waals surface area contributed by atoms with Gasteiger partial charge in [0, 0.05) is 18.8 Å². The predicted molar refractivity (Wildman–Crippen MR) is 83.1 cm³/mol. The number of nitrogens with one attached hydrogen (secondary N) is 1. The molecule has 0 spiro atoms. The van der Waals surface area contributed by atoms with Crippen molar-refractivity contribution in [3.05, 3.63) is 29.0 Å². The van der Waals surface area contributed by atoms with E-state index < -0.39 is 0 Å². The van der Waals surface area contributed by atoms with Gasteiger partial charge in [-0.25, -0.2) is 4.98 Å². The highest BCUT2D eigenvalue weighted by molar-refractivity contribution is 14.0. The molecule has 0 unspecified atom stereocenters. The van der Waals surface area contributed by atoms with Gasteiger partial charge in [-0.3, -0.25) is 4.99 Å². The number of hydrogen-bond acceptors (Lipinski definition) is 2. The van der Waals surface area contributed by atoms with E-state index in [1.54, 1.807) is 12.3 Å². The van der Waals surface area contributed by atoms with E-state index in [-0.39, 0.29) is 24.0 Å². The van der Waals surface area contributed by atoms with Gasteiger partial charge in [0.1, 0.15) is 5.15 Å². The first-order chi connectivity index (χ1) is 7.58. The summed E-state index contributed by atoms with van der Waals surface area (Å²) in [6.07, 6.45) is 2.56. The first kappa shape index (κ1) is 16.4. The molecule has 1 aromatic heterocycles. The molecule has 1 rings (SSSR count). The lowest BCUT2D eigenvalue weighted by Gasteiger charge is -2.08. The lowest BCUT2D eigenvalue weighted by Crippen LogP contribution is -2.36. The molecule has 0 aliphatic carbocycles. The Balaban J connectivity index is 0.00000256. The highest BCUT2D eigenvalue weighted by Gasteiger charge is 1.96. The number of guanidine groups is 1. The van der Waals surface area contributed by atoms with E-state index in [2.05, 4.69) is 15.3 Å². The molecule has 0 amide bonds. The van der Waals surface area contributed by atoms with Gasteiger partial charge in [0.05, 0.1) is 0 Å². The summed E-state index contributed by atoms with van der Waals surface area (Å²) in [5, 5.41) is 3.54. The Morgan fingerprint density at radius 3 is 2.76 bits per heavy atom. The van der Waals surface area contributed by atoms with Crippen LogP contribution in [0.15, 0.2) is 23.3 Å². The van der Waals surface area contributed by atoms with Gasteiger partial charge in [-0.2, -0.15) is 0 Å². The molecule has 0 aliphatic heterocycles. The van der Waals surface area contributed by atoms with Gasteiger partial charge in [0.2, 0.25) is 0 Å². The van der Waals surface area contributed by atoms with Crippen LogP contribution in [-0.2, 0) is 6.42 Å². The second-order valence-corrected chi connectivity index (χ2v) is 4.19. The van der Waals surface area contributed by atoms with Gasteiger partial charge < -0.3 is 11.1 Å². The van der Waals surface area contributed by atoms with Crippen molar-refractivity contribution in [1.82, 2.24) is 10.3 Å². The second kappa shape index (κ2) is 8.52. The number of rotatable bonds is 4. The minimum atomic E-state index is 0. The number of pyridine rings is 1. The molecular formula is C11H18ClIN4. The molecule has 96 valence electrons. The summed E-state index contributed by atoms with van der Waals surface area (Å²) >= 11 is 5.68. The summed E-state index contributed by atoms with van der Waals surface area (Å²) in [6, 6.07) is 4.02. The first-order valence-electron chi connectivity index (χ1n) is 5.25. The van der Waals surface area contributed by atoms with E-state index in [9.17, 15) is 0 Å². The molecule has 0 aliphatic rings. The lowest BCUT2D eigenvalue weighted by molar-refractivity contribution is 0.723. The van der Waals surface area contributed by atoms with E-state index >= 15 is 0 Å². The molecule has 1 aromatic rings. The highest BCUT2D eigenvalue weighted by Crippen LogP contribution is 2.05. The third-order valence-electron chi connectivity index (χ3n) is 1.91. The first-order valence-corrected chi connectivity index (χ1v) is 5.62. The maximum Gasteiger partial charge on any atom is 0.188 e. The zero-order valence-corrected chi connectivity index (χ0v) is 13.1. The van der Waals surface area contributed by atoms with E-state index in [1.807, 2.05) is 19.9 Å². The molecular weight excluding hydrogens is 351 g/mol. The smallest absolute Gasteiger partial charge is 0.188 e. The topological polar surface area (TPSA) is 63.3 Å². The minimum absolute atomic E-state index is 0. The Bertz CT molecular complexity index is 351. The summed E-state index contributed by atoms with van der Waals surface area (Å²) in [5.74, 6) is 0.483. The Hall–Kier alpha value is -0.560. The fourth-order valence-electron chi connectivity index (χ4n) is 1.20. The van der Waals surface area contributed by atoms with Gasteiger partial charge in [0.15, 0.2) is 5.96 Å². The van der Waals surface area contributed by atoms with E-state index in [1.165, 1.54) is 0 Å². The lowest BCUT2D eigenvalue weighted by atomic mass is 10.2. The number of halogens is 2. The quantitative estimate of drug-likeness (QED) is 0.371. The highest BCUT2D eigenvalue weighted by atomic mass is 127. The van der Waals surface area contributed by atoms with Crippen molar-refractivity contribution in [2.45, 2.75) is 26.3 Å². The van der Waals surface area contributed by atoms with Crippen LogP contribution in [0.4, 0.5) is 0 Å². The maximum absolute atomic E-state index is 5.68. The van der Waals surface area contributed by atoms with Gasteiger partial charge in [-0.15, -0.1) is 24.0 Å². The van der Waals surface area contributed by atoms with Crippen LogP contribution >= 0.6 is 35.6 Å². The molecule has 0 fully saturated rings. The summed E-state index contributed by atoms with van der Waals surface area (Å²) in [7, 11) is 0. The van der Waals surface area contributed by atoms with Gasteiger partial charge in [-0.05, 0) is 31.9 Å². The fourth-order valence-corrected chi connectivity index (χ4v) is 1.31. The fraction of sp³-hybridized carbons (Fsp3) is 0.455. The zero-order chi connectivity index (χ0) is 12.0. The van der Waals surface area contributed by atoms with Crippen LogP contribution in [0.1, 0.15) is 19.4 Å². The third kappa shape index (κ3) is 7.38. The predicted octanol–water partition coefficient (Wildman–Crippen LogP) is 2.21. The van der Waals surface area contributed by atoms with Gasteiger partial charge in [0.25, 0.3) is 0 Å². The minimum Gasteiger partial charge on any atom is -0.370 e. The summed E-state index contributed by atoms with van der Waals surface area (Å²) in [6.45, 7) is 4.69. The summed E-state index contributed by atoms with van der Waals surface area (Å²) in [4.78, 5) is 8.20.